The maximum Gasteiger partial charge on any atom is 0.229 e. The van der Waals surface area contributed by atoms with Crippen LogP contribution in [0.4, 0.5) is 11.5 Å². The monoisotopic (exact) mass is 414 g/mol. The Balaban J connectivity index is 1.40. The van der Waals surface area contributed by atoms with E-state index in [0.717, 1.165) is 42.1 Å². The van der Waals surface area contributed by atoms with Gasteiger partial charge >= 0.3 is 0 Å². The minimum Gasteiger partial charge on any atom is -0.354 e. The van der Waals surface area contributed by atoms with Gasteiger partial charge in [-0.2, -0.15) is 0 Å². The Morgan fingerprint density at radius 3 is 2.55 bits per heavy atom. The highest BCUT2D eigenvalue weighted by Gasteiger charge is 2.27. The van der Waals surface area contributed by atoms with Crippen LogP contribution in [0.2, 0.25) is 0 Å². The summed E-state index contributed by atoms with van der Waals surface area (Å²) in [5, 5.41) is 12.0. The number of aryl methyl sites for hydroxylation is 1. The molecule has 1 aromatic heterocycles. The molecule has 1 fully saturated rings. The van der Waals surface area contributed by atoms with Crippen LogP contribution in [0.3, 0.4) is 0 Å². The lowest BCUT2D eigenvalue weighted by Gasteiger charge is -2.32. The van der Waals surface area contributed by atoms with E-state index < -0.39 is 0 Å². The summed E-state index contributed by atoms with van der Waals surface area (Å²) in [6.07, 6.45) is 1.85. The number of carbonyl (C=O) groups excluding carboxylic acids is 1. The van der Waals surface area contributed by atoms with Crippen LogP contribution < -0.4 is 10.2 Å². The van der Waals surface area contributed by atoms with E-state index in [4.69, 9.17) is 0 Å². The third kappa shape index (κ3) is 5.10. The van der Waals surface area contributed by atoms with Crippen molar-refractivity contribution in [3.05, 3.63) is 71.8 Å². The first-order valence-corrected chi connectivity index (χ1v) is 11.1. The largest absolute Gasteiger partial charge is 0.354 e. The van der Waals surface area contributed by atoms with Crippen molar-refractivity contribution in [2.24, 2.45) is 5.92 Å². The van der Waals surface area contributed by atoms with E-state index in [1.165, 1.54) is 11.1 Å². The van der Waals surface area contributed by atoms with Crippen molar-refractivity contribution in [3.63, 3.8) is 0 Å². The molecule has 0 aliphatic carbocycles. The number of hydrogen-bond donors (Lipinski definition) is 1. The first-order valence-electron chi connectivity index (χ1n) is 11.1. The fourth-order valence-electron chi connectivity index (χ4n) is 4.05. The smallest absolute Gasteiger partial charge is 0.229 e. The molecule has 160 valence electrons. The molecule has 31 heavy (non-hydrogen) atoms. The van der Waals surface area contributed by atoms with Crippen molar-refractivity contribution in [1.82, 2.24) is 10.2 Å². The number of piperidine rings is 1. The number of benzene rings is 2. The summed E-state index contributed by atoms with van der Waals surface area (Å²) in [6, 6.07) is 20.4. The number of aromatic nitrogens is 2. The van der Waals surface area contributed by atoms with Crippen molar-refractivity contribution < 1.29 is 4.79 Å². The Labute approximate surface area is 184 Å². The van der Waals surface area contributed by atoms with Gasteiger partial charge in [0.2, 0.25) is 5.91 Å². The Kier molecular flexibility index (Phi) is 6.31. The van der Waals surface area contributed by atoms with Crippen molar-refractivity contribution in [2.75, 3.05) is 23.3 Å². The van der Waals surface area contributed by atoms with Crippen LogP contribution in [0.1, 0.15) is 43.7 Å². The zero-order valence-electron chi connectivity index (χ0n) is 18.5. The highest BCUT2D eigenvalue weighted by atomic mass is 16.1. The molecule has 5 heteroatoms. The summed E-state index contributed by atoms with van der Waals surface area (Å²) >= 11 is 0. The Morgan fingerprint density at radius 2 is 1.87 bits per heavy atom. The van der Waals surface area contributed by atoms with Crippen LogP contribution in [0.25, 0.3) is 11.3 Å². The molecule has 1 saturated heterocycles. The first-order chi connectivity index (χ1) is 15.0. The van der Waals surface area contributed by atoms with E-state index in [1.54, 1.807) is 0 Å². The SMILES string of the molecule is Cc1cccc(-c2ccc(N3CCC[C@@H](C(=O)Nc4ccc(C(C)C)cc4)C3)nn2)c1. The molecule has 1 aliphatic heterocycles. The fraction of sp³-hybridized carbons (Fsp3) is 0.346. The molecular weight excluding hydrogens is 384 g/mol. The molecule has 1 N–H and O–H groups in total. The van der Waals surface area contributed by atoms with E-state index in [1.807, 2.05) is 36.4 Å². The lowest BCUT2D eigenvalue weighted by molar-refractivity contribution is -0.120. The molecule has 4 rings (SSSR count). The molecule has 1 aliphatic rings. The molecule has 2 aromatic carbocycles. The lowest BCUT2D eigenvalue weighted by Crippen LogP contribution is -2.41. The zero-order chi connectivity index (χ0) is 21.8. The van der Waals surface area contributed by atoms with Gasteiger partial charge in [-0.25, -0.2) is 0 Å². The molecule has 0 radical (unpaired) electrons. The lowest BCUT2D eigenvalue weighted by atomic mass is 9.96. The molecule has 0 spiro atoms. The zero-order valence-corrected chi connectivity index (χ0v) is 18.5. The number of rotatable bonds is 5. The van der Waals surface area contributed by atoms with Crippen molar-refractivity contribution in [3.8, 4) is 11.3 Å². The molecular formula is C26H30N4O. The second kappa shape index (κ2) is 9.29. The number of carbonyl (C=O) groups is 1. The molecule has 0 unspecified atom stereocenters. The van der Waals surface area contributed by atoms with Gasteiger partial charge in [-0.05, 0) is 61.6 Å². The fourth-order valence-corrected chi connectivity index (χ4v) is 4.05. The summed E-state index contributed by atoms with van der Waals surface area (Å²) in [6.45, 7) is 7.96. The number of anilines is 2. The number of hydrogen-bond acceptors (Lipinski definition) is 4. The summed E-state index contributed by atoms with van der Waals surface area (Å²) in [5.74, 6) is 1.33. The van der Waals surface area contributed by atoms with Crippen LogP contribution in [0, 0.1) is 12.8 Å². The average molecular weight is 415 g/mol. The van der Waals surface area contributed by atoms with Crippen LogP contribution in [0.15, 0.2) is 60.7 Å². The highest BCUT2D eigenvalue weighted by molar-refractivity contribution is 5.93. The minimum absolute atomic E-state index is 0.0585. The van der Waals surface area contributed by atoms with Crippen LogP contribution in [-0.4, -0.2) is 29.2 Å². The van der Waals surface area contributed by atoms with Crippen LogP contribution in [0.5, 0.6) is 0 Å². The van der Waals surface area contributed by atoms with Crippen molar-refractivity contribution >= 4 is 17.4 Å². The molecule has 3 aromatic rings. The molecule has 1 atom stereocenters. The number of nitrogens with zero attached hydrogens (tertiary/aromatic N) is 3. The quantitative estimate of drug-likeness (QED) is 0.605. The maximum absolute atomic E-state index is 12.9. The van der Waals surface area contributed by atoms with E-state index in [2.05, 4.69) is 65.5 Å². The molecule has 0 bridgehead atoms. The first kappa shape index (κ1) is 21.0. The third-order valence-electron chi connectivity index (χ3n) is 5.93. The highest BCUT2D eigenvalue weighted by Crippen LogP contribution is 2.25. The average Bonchev–Trinajstić information content (AvgIpc) is 2.79. The van der Waals surface area contributed by atoms with E-state index >= 15 is 0 Å². The normalized spacial score (nSPS) is 16.4. The number of nitrogens with one attached hydrogen (secondary N) is 1. The van der Waals surface area contributed by atoms with Crippen LogP contribution >= 0.6 is 0 Å². The van der Waals surface area contributed by atoms with Crippen LogP contribution in [-0.2, 0) is 4.79 Å². The Hall–Kier alpha value is -3.21. The third-order valence-corrected chi connectivity index (χ3v) is 5.93. The standard InChI is InChI=1S/C26H30N4O/c1-18(2)20-9-11-23(12-10-20)27-26(31)22-8-5-15-30(17-22)25-14-13-24(28-29-25)21-7-4-6-19(3)16-21/h4,6-7,9-14,16,18,22H,5,8,15,17H2,1-3H3,(H,27,31)/t22-/m1/s1. The molecule has 0 saturated carbocycles. The summed E-state index contributed by atoms with van der Waals surface area (Å²) < 4.78 is 0. The molecule has 1 amide bonds. The van der Waals surface area contributed by atoms with Gasteiger partial charge in [-0.15, -0.1) is 10.2 Å². The summed E-state index contributed by atoms with van der Waals surface area (Å²) in [7, 11) is 0. The van der Waals surface area contributed by atoms with E-state index in [9.17, 15) is 4.79 Å². The van der Waals surface area contributed by atoms with Gasteiger partial charge in [0.15, 0.2) is 5.82 Å². The number of amides is 1. The van der Waals surface area contributed by atoms with Crippen molar-refractivity contribution in [2.45, 2.75) is 39.5 Å². The minimum atomic E-state index is -0.0585. The predicted molar refractivity (Wildman–Crippen MR) is 126 cm³/mol. The van der Waals surface area contributed by atoms with Gasteiger partial charge in [0, 0.05) is 24.3 Å². The van der Waals surface area contributed by atoms with Crippen molar-refractivity contribution in [1.29, 1.82) is 0 Å². The Bertz CT molecular complexity index is 1030. The summed E-state index contributed by atoms with van der Waals surface area (Å²) in [5.41, 5.74) is 5.26. The van der Waals surface area contributed by atoms with Gasteiger partial charge in [-0.3, -0.25) is 4.79 Å². The molecule has 2 heterocycles. The maximum atomic E-state index is 12.9. The van der Waals surface area contributed by atoms with E-state index in [0.29, 0.717) is 12.5 Å². The predicted octanol–water partition coefficient (Wildman–Crippen LogP) is 5.43. The topological polar surface area (TPSA) is 58.1 Å². The van der Waals surface area contributed by atoms with Gasteiger partial charge in [0.25, 0.3) is 0 Å². The van der Waals surface area contributed by atoms with Gasteiger partial charge in [-0.1, -0.05) is 49.7 Å². The van der Waals surface area contributed by atoms with Gasteiger partial charge in [0.1, 0.15) is 0 Å². The molecule has 5 nitrogen and oxygen atoms in total. The second-order valence-corrected chi connectivity index (χ2v) is 8.70. The summed E-state index contributed by atoms with van der Waals surface area (Å²) in [4.78, 5) is 15.0. The van der Waals surface area contributed by atoms with Gasteiger partial charge in [0.05, 0.1) is 11.6 Å². The van der Waals surface area contributed by atoms with E-state index in [-0.39, 0.29) is 11.8 Å². The second-order valence-electron chi connectivity index (χ2n) is 8.70. The Morgan fingerprint density at radius 1 is 1.06 bits per heavy atom. The van der Waals surface area contributed by atoms with Gasteiger partial charge < -0.3 is 10.2 Å².